The van der Waals surface area contributed by atoms with Crippen LogP contribution in [0.15, 0.2) is 29.6 Å². The Morgan fingerprint density at radius 2 is 2.26 bits per heavy atom. The highest BCUT2D eigenvalue weighted by Gasteiger charge is 2.15. The minimum atomic E-state index is -0.280. The smallest absolute Gasteiger partial charge is 0.230 e. The van der Waals surface area contributed by atoms with Crippen LogP contribution in [0.1, 0.15) is 20.3 Å². The number of thiophene rings is 1. The van der Waals surface area contributed by atoms with Gasteiger partial charge in [-0.15, -0.1) is 11.3 Å². The Balaban J connectivity index is 1.89. The van der Waals surface area contributed by atoms with E-state index >= 15 is 0 Å². The Bertz CT molecular complexity index is 865. The third-order valence-electron chi connectivity index (χ3n) is 3.56. The molecule has 2 aromatic heterocycles. The molecule has 0 spiro atoms. The number of nitrogens with zero attached hydrogens (tertiary/aromatic N) is 2. The van der Waals surface area contributed by atoms with Crippen molar-refractivity contribution in [2.75, 3.05) is 5.75 Å². The van der Waals surface area contributed by atoms with E-state index in [-0.39, 0.29) is 23.5 Å². The van der Waals surface area contributed by atoms with Gasteiger partial charge < -0.3 is 5.32 Å². The number of nitrogens with one attached hydrogen (secondary N) is 1. The SMILES string of the molecule is CC[C@H](C)NC(=O)CSc1ncnc2c1sc1cccc(F)c12. The van der Waals surface area contributed by atoms with Gasteiger partial charge in [0.15, 0.2) is 0 Å². The van der Waals surface area contributed by atoms with E-state index in [0.29, 0.717) is 10.9 Å². The Morgan fingerprint density at radius 1 is 1.43 bits per heavy atom. The third-order valence-corrected chi connectivity index (χ3v) is 5.82. The lowest BCUT2D eigenvalue weighted by Crippen LogP contribution is -2.33. The topological polar surface area (TPSA) is 54.9 Å². The van der Waals surface area contributed by atoms with Gasteiger partial charge in [0.05, 0.1) is 21.4 Å². The molecule has 7 heteroatoms. The van der Waals surface area contributed by atoms with Crippen LogP contribution < -0.4 is 5.32 Å². The number of carbonyl (C=O) groups is 1. The van der Waals surface area contributed by atoms with Crippen molar-refractivity contribution in [3.05, 3.63) is 30.3 Å². The lowest BCUT2D eigenvalue weighted by molar-refractivity contribution is -0.119. The quantitative estimate of drug-likeness (QED) is 0.559. The van der Waals surface area contributed by atoms with Gasteiger partial charge in [0, 0.05) is 10.7 Å². The predicted octanol–water partition coefficient (Wildman–Crippen LogP) is 3.99. The summed E-state index contributed by atoms with van der Waals surface area (Å²) in [5.74, 6) is -0.0194. The summed E-state index contributed by atoms with van der Waals surface area (Å²) < 4.78 is 15.7. The maximum Gasteiger partial charge on any atom is 0.230 e. The summed E-state index contributed by atoms with van der Waals surface area (Å²) in [6, 6.07) is 5.15. The van der Waals surface area contributed by atoms with E-state index in [1.807, 2.05) is 19.9 Å². The van der Waals surface area contributed by atoms with Crippen molar-refractivity contribution < 1.29 is 9.18 Å². The molecule has 0 saturated heterocycles. The fraction of sp³-hybridized carbons (Fsp3) is 0.312. The van der Waals surface area contributed by atoms with E-state index in [2.05, 4.69) is 15.3 Å². The molecular weight excluding hydrogens is 333 g/mol. The van der Waals surface area contributed by atoms with Crippen LogP contribution in [0.25, 0.3) is 20.3 Å². The van der Waals surface area contributed by atoms with Crippen LogP contribution in [0, 0.1) is 5.82 Å². The molecule has 0 aliphatic carbocycles. The number of hydrogen-bond acceptors (Lipinski definition) is 5. The average molecular weight is 349 g/mol. The molecule has 0 unspecified atom stereocenters. The molecule has 0 radical (unpaired) electrons. The monoisotopic (exact) mass is 349 g/mol. The Morgan fingerprint density at radius 3 is 3.04 bits per heavy atom. The van der Waals surface area contributed by atoms with Gasteiger partial charge >= 0.3 is 0 Å². The van der Waals surface area contributed by atoms with Crippen molar-refractivity contribution in [3.8, 4) is 0 Å². The van der Waals surface area contributed by atoms with E-state index in [0.717, 1.165) is 20.8 Å². The second-order valence-corrected chi connectivity index (χ2v) is 7.25. The van der Waals surface area contributed by atoms with E-state index in [9.17, 15) is 9.18 Å². The Kier molecular flexibility index (Phi) is 4.77. The van der Waals surface area contributed by atoms with Crippen LogP contribution in [-0.4, -0.2) is 27.7 Å². The van der Waals surface area contributed by atoms with Crippen LogP contribution in [0.5, 0.6) is 0 Å². The lowest BCUT2D eigenvalue weighted by atomic mass is 10.2. The molecule has 120 valence electrons. The van der Waals surface area contributed by atoms with Crippen molar-refractivity contribution in [1.29, 1.82) is 0 Å². The molecule has 23 heavy (non-hydrogen) atoms. The highest BCUT2D eigenvalue weighted by atomic mass is 32.2. The molecule has 4 nitrogen and oxygen atoms in total. The molecule has 1 aromatic carbocycles. The van der Waals surface area contributed by atoms with E-state index in [4.69, 9.17) is 0 Å². The molecule has 1 amide bonds. The summed E-state index contributed by atoms with van der Waals surface area (Å²) in [5.41, 5.74) is 0.614. The Hall–Kier alpha value is -1.73. The van der Waals surface area contributed by atoms with Crippen LogP contribution in [0.2, 0.25) is 0 Å². The number of hydrogen-bond donors (Lipinski definition) is 1. The molecule has 3 rings (SSSR count). The molecule has 3 aromatic rings. The average Bonchev–Trinajstić information content (AvgIpc) is 2.93. The summed E-state index contributed by atoms with van der Waals surface area (Å²) in [6.45, 7) is 4.00. The molecule has 2 heterocycles. The molecule has 0 aliphatic heterocycles. The fourth-order valence-corrected chi connectivity index (χ4v) is 4.27. The maximum absolute atomic E-state index is 14.1. The van der Waals surface area contributed by atoms with Gasteiger partial charge in [-0.2, -0.15) is 0 Å². The van der Waals surface area contributed by atoms with Crippen molar-refractivity contribution in [1.82, 2.24) is 15.3 Å². The number of benzene rings is 1. The van der Waals surface area contributed by atoms with Crippen LogP contribution in [0.3, 0.4) is 0 Å². The van der Waals surface area contributed by atoms with Gasteiger partial charge in [-0.3, -0.25) is 4.79 Å². The molecule has 0 bridgehead atoms. The first-order valence-corrected chi connectivity index (χ1v) is 9.14. The van der Waals surface area contributed by atoms with E-state index in [1.165, 1.54) is 35.5 Å². The van der Waals surface area contributed by atoms with Crippen LogP contribution in [0.4, 0.5) is 4.39 Å². The molecule has 1 N–H and O–H groups in total. The van der Waals surface area contributed by atoms with Gasteiger partial charge in [0.25, 0.3) is 0 Å². The minimum absolute atomic E-state index is 0.0246. The number of thioether (sulfide) groups is 1. The number of carbonyl (C=O) groups excluding carboxylic acids is 1. The van der Waals surface area contributed by atoms with Gasteiger partial charge in [-0.1, -0.05) is 24.8 Å². The number of amides is 1. The highest BCUT2D eigenvalue weighted by molar-refractivity contribution is 8.00. The second-order valence-electron chi connectivity index (χ2n) is 5.24. The second kappa shape index (κ2) is 6.80. The molecule has 0 saturated carbocycles. The van der Waals surface area contributed by atoms with Gasteiger partial charge in [0.2, 0.25) is 5.91 Å². The number of rotatable bonds is 5. The van der Waals surface area contributed by atoms with Gasteiger partial charge in [-0.25, -0.2) is 14.4 Å². The summed E-state index contributed by atoms with van der Waals surface area (Å²) in [5, 5.41) is 4.17. The lowest BCUT2D eigenvalue weighted by Gasteiger charge is -2.10. The first-order valence-electron chi connectivity index (χ1n) is 7.34. The minimum Gasteiger partial charge on any atom is -0.353 e. The molecule has 1 atom stereocenters. The van der Waals surface area contributed by atoms with Gasteiger partial charge in [0.1, 0.15) is 17.2 Å². The zero-order chi connectivity index (χ0) is 16.4. The third kappa shape index (κ3) is 3.30. The standard InChI is InChI=1S/C16H16FN3OS2/c1-3-9(2)20-12(21)7-22-16-15-14(18-8-19-16)13-10(17)5-4-6-11(13)23-15/h4-6,8-9H,3,7H2,1-2H3,(H,20,21)/t9-/m0/s1. The number of halogens is 1. The van der Waals surface area contributed by atoms with Crippen LogP contribution in [-0.2, 0) is 4.79 Å². The first kappa shape index (κ1) is 16.1. The van der Waals surface area contributed by atoms with Crippen molar-refractivity contribution in [2.45, 2.75) is 31.3 Å². The van der Waals surface area contributed by atoms with E-state index in [1.54, 1.807) is 6.07 Å². The fourth-order valence-electron chi connectivity index (χ4n) is 2.21. The molecular formula is C16H16FN3OS2. The largest absolute Gasteiger partial charge is 0.353 e. The van der Waals surface area contributed by atoms with Crippen molar-refractivity contribution in [3.63, 3.8) is 0 Å². The summed E-state index contributed by atoms with van der Waals surface area (Å²) in [6.07, 6.45) is 2.32. The summed E-state index contributed by atoms with van der Waals surface area (Å²) in [4.78, 5) is 20.4. The predicted molar refractivity (Wildman–Crippen MR) is 93.5 cm³/mol. The number of fused-ring (bicyclic) bond motifs is 3. The first-order chi connectivity index (χ1) is 11.1. The summed E-state index contributed by atoms with van der Waals surface area (Å²) >= 11 is 2.81. The summed E-state index contributed by atoms with van der Waals surface area (Å²) in [7, 11) is 0. The zero-order valence-corrected chi connectivity index (χ0v) is 14.4. The highest BCUT2D eigenvalue weighted by Crippen LogP contribution is 2.38. The normalized spacial score (nSPS) is 12.7. The molecule has 0 aliphatic rings. The zero-order valence-electron chi connectivity index (χ0n) is 12.8. The molecule has 0 fully saturated rings. The van der Waals surface area contributed by atoms with Crippen molar-refractivity contribution in [2.24, 2.45) is 0 Å². The Labute approximate surface area is 141 Å². The van der Waals surface area contributed by atoms with E-state index < -0.39 is 0 Å². The van der Waals surface area contributed by atoms with Crippen LogP contribution >= 0.6 is 23.1 Å². The van der Waals surface area contributed by atoms with Crippen molar-refractivity contribution >= 4 is 49.3 Å². The van der Waals surface area contributed by atoms with Gasteiger partial charge in [-0.05, 0) is 25.5 Å². The number of aromatic nitrogens is 2. The maximum atomic E-state index is 14.1.